The molecule has 0 aromatic heterocycles. The summed E-state index contributed by atoms with van der Waals surface area (Å²) in [4.78, 5) is 25.7. The van der Waals surface area contributed by atoms with Crippen LogP contribution in [0.1, 0.15) is 12.0 Å². The number of nitrogens with zero attached hydrogens (tertiary/aromatic N) is 2. The number of hydrogen-bond donors (Lipinski definition) is 1. The molecule has 104 valence electrons. The Kier molecular flexibility index (Phi) is 5.36. The molecule has 1 amide bonds. The van der Waals surface area contributed by atoms with Gasteiger partial charge >= 0.3 is 5.97 Å². The molecule has 0 saturated heterocycles. The van der Waals surface area contributed by atoms with Crippen molar-refractivity contribution in [2.45, 2.75) is 13.3 Å². The first-order chi connectivity index (χ1) is 8.90. The number of aryl methyl sites for hydroxylation is 1. The molecule has 1 aromatic carbocycles. The molecule has 0 aliphatic rings. The lowest BCUT2D eigenvalue weighted by Gasteiger charge is -2.23. The number of amides is 1. The van der Waals surface area contributed by atoms with Gasteiger partial charge in [-0.1, -0.05) is 17.7 Å². The molecule has 1 N–H and O–H groups in total. The molecule has 0 fully saturated rings. The number of aliphatic carboxylic acids is 1. The van der Waals surface area contributed by atoms with Crippen LogP contribution in [0.15, 0.2) is 24.3 Å². The number of rotatable bonds is 6. The Bertz CT molecular complexity index is 441. The fraction of sp³-hybridized carbons (Fsp3) is 0.429. The highest BCUT2D eigenvalue weighted by Crippen LogP contribution is 2.15. The Morgan fingerprint density at radius 2 is 1.74 bits per heavy atom. The van der Waals surface area contributed by atoms with Crippen LogP contribution in [-0.2, 0) is 9.59 Å². The average molecular weight is 264 g/mol. The third-order valence-electron chi connectivity index (χ3n) is 2.82. The first-order valence-electron chi connectivity index (χ1n) is 6.13. The molecule has 0 heterocycles. The lowest BCUT2D eigenvalue weighted by molar-refractivity contribution is -0.135. The van der Waals surface area contributed by atoms with E-state index in [9.17, 15) is 9.59 Å². The third kappa shape index (κ3) is 4.99. The minimum absolute atomic E-state index is 0.0116. The second-order valence-electron chi connectivity index (χ2n) is 4.69. The van der Waals surface area contributed by atoms with Crippen molar-refractivity contribution in [2.24, 2.45) is 0 Å². The van der Waals surface area contributed by atoms with Crippen molar-refractivity contribution in [1.29, 1.82) is 0 Å². The van der Waals surface area contributed by atoms with Gasteiger partial charge in [0.05, 0.1) is 0 Å². The zero-order chi connectivity index (χ0) is 14.4. The van der Waals surface area contributed by atoms with Crippen molar-refractivity contribution in [2.75, 3.05) is 32.1 Å². The predicted octanol–water partition coefficient (Wildman–Crippen LogP) is 1.36. The van der Waals surface area contributed by atoms with E-state index in [-0.39, 0.29) is 12.5 Å². The van der Waals surface area contributed by atoms with E-state index in [0.29, 0.717) is 13.0 Å². The average Bonchev–Trinajstić information content (AvgIpc) is 2.34. The van der Waals surface area contributed by atoms with E-state index in [1.165, 1.54) is 4.90 Å². The summed E-state index contributed by atoms with van der Waals surface area (Å²) in [6.07, 6.45) is 0.300. The van der Waals surface area contributed by atoms with Crippen LogP contribution in [0.2, 0.25) is 0 Å². The molecule has 0 radical (unpaired) electrons. The molecule has 0 spiro atoms. The van der Waals surface area contributed by atoms with Gasteiger partial charge in [-0.2, -0.15) is 0 Å². The van der Waals surface area contributed by atoms with Gasteiger partial charge in [-0.3, -0.25) is 9.59 Å². The summed E-state index contributed by atoms with van der Waals surface area (Å²) in [6.45, 7) is 2.26. The number of carbonyl (C=O) groups excluding carboxylic acids is 1. The second-order valence-corrected chi connectivity index (χ2v) is 4.69. The van der Waals surface area contributed by atoms with Gasteiger partial charge in [0, 0.05) is 32.7 Å². The van der Waals surface area contributed by atoms with E-state index in [2.05, 4.69) is 0 Å². The lowest BCUT2D eigenvalue weighted by Crippen LogP contribution is -2.34. The van der Waals surface area contributed by atoms with Crippen molar-refractivity contribution in [1.82, 2.24) is 4.90 Å². The van der Waals surface area contributed by atoms with Crippen LogP contribution in [0, 0.1) is 6.92 Å². The van der Waals surface area contributed by atoms with Gasteiger partial charge in [-0.15, -0.1) is 0 Å². The van der Waals surface area contributed by atoms with Gasteiger partial charge in [-0.25, -0.2) is 0 Å². The summed E-state index contributed by atoms with van der Waals surface area (Å²) in [6, 6.07) is 7.60. The zero-order valence-corrected chi connectivity index (χ0v) is 11.6. The summed E-state index contributed by atoms with van der Waals surface area (Å²) in [5, 5.41) is 8.94. The first kappa shape index (κ1) is 15.0. The summed E-state index contributed by atoms with van der Waals surface area (Å²) >= 11 is 0. The molecule has 0 aliphatic carbocycles. The fourth-order valence-corrected chi connectivity index (χ4v) is 1.67. The van der Waals surface area contributed by atoms with E-state index in [4.69, 9.17) is 5.11 Å². The van der Waals surface area contributed by atoms with Crippen molar-refractivity contribution >= 4 is 17.6 Å². The number of carbonyl (C=O) groups is 2. The van der Waals surface area contributed by atoms with E-state index in [1.54, 1.807) is 19.0 Å². The maximum atomic E-state index is 11.6. The molecule has 5 nitrogen and oxygen atoms in total. The monoisotopic (exact) mass is 264 g/mol. The van der Waals surface area contributed by atoms with Crippen LogP contribution in [0.25, 0.3) is 0 Å². The van der Waals surface area contributed by atoms with Gasteiger partial charge in [-0.05, 0) is 19.1 Å². The third-order valence-corrected chi connectivity index (χ3v) is 2.82. The Balaban J connectivity index is 2.74. The number of anilines is 1. The molecule has 5 heteroatoms. The minimum atomic E-state index is -0.905. The van der Waals surface area contributed by atoms with Crippen molar-refractivity contribution in [3.05, 3.63) is 29.8 Å². The maximum Gasteiger partial charge on any atom is 0.323 e. The van der Waals surface area contributed by atoms with Gasteiger partial charge in [0.1, 0.15) is 6.54 Å². The standard InChI is InChI=1S/C14H20N2O3/c1-11-4-6-12(7-5-11)16(10-14(18)19)9-8-13(17)15(2)3/h4-7H,8-10H2,1-3H3,(H,18,19). The molecular formula is C14H20N2O3. The summed E-state index contributed by atoms with van der Waals surface area (Å²) in [5.41, 5.74) is 1.93. The van der Waals surface area contributed by atoms with Crippen molar-refractivity contribution in [3.63, 3.8) is 0 Å². The molecule has 19 heavy (non-hydrogen) atoms. The van der Waals surface area contributed by atoms with E-state index in [0.717, 1.165) is 11.3 Å². The van der Waals surface area contributed by atoms with Crippen molar-refractivity contribution < 1.29 is 14.7 Å². The highest BCUT2D eigenvalue weighted by molar-refractivity contribution is 5.77. The summed E-state index contributed by atoms with van der Waals surface area (Å²) in [7, 11) is 3.38. The zero-order valence-electron chi connectivity index (χ0n) is 11.6. The number of benzene rings is 1. The van der Waals surface area contributed by atoms with E-state index in [1.807, 2.05) is 31.2 Å². The molecule has 0 atom stereocenters. The maximum absolute atomic E-state index is 11.6. The molecule has 0 aliphatic heterocycles. The van der Waals surface area contributed by atoms with E-state index < -0.39 is 5.97 Å². The normalized spacial score (nSPS) is 10.1. The smallest absolute Gasteiger partial charge is 0.323 e. The molecule has 0 bridgehead atoms. The summed E-state index contributed by atoms with van der Waals surface area (Å²) in [5.74, 6) is -0.916. The van der Waals surface area contributed by atoms with Gasteiger partial charge in [0.15, 0.2) is 0 Å². The highest BCUT2D eigenvalue weighted by atomic mass is 16.4. The van der Waals surface area contributed by atoms with Gasteiger partial charge in [0.25, 0.3) is 0 Å². The molecular weight excluding hydrogens is 244 g/mol. The molecule has 0 unspecified atom stereocenters. The quantitative estimate of drug-likeness (QED) is 0.843. The first-order valence-corrected chi connectivity index (χ1v) is 6.13. The number of carboxylic acids is 1. The van der Waals surface area contributed by atoms with Crippen LogP contribution < -0.4 is 4.90 Å². The van der Waals surface area contributed by atoms with Crippen LogP contribution in [0.5, 0.6) is 0 Å². The number of hydrogen-bond acceptors (Lipinski definition) is 3. The summed E-state index contributed by atoms with van der Waals surface area (Å²) < 4.78 is 0. The predicted molar refractivity (Wildman–Crippen MR) is 74.3 cm³/mol. The second kappa shape index (κ2) is 6.78. The highest BCUT2D eigenvalue weighted by Gasteiger charge is 2.13. The largest absolute Gasteiger partial charge is 0.480 e. The van der Waals surface area contributed by atoms with E-state index >= 15 is 0 Å². The minimum Gasteiger partial charge on any atom is -0.480 e. The Hall–Kier alpha value is -2.04. The van der Waals surface area contributed by atoms with Crippen LogP contribution in [0.3, 0.4) is 0 Å². The Morgan fingerprint density at radius 1 is 1.16 bits per heavy atom. The SMILES string of the molecule is Cc1ccc(N(CCC(=O)N(C)C)CC(=O)O)cc1. The Morgan fingerprint density at radius 3 is 2.21 bits per heavy atom. The molecule has 0 saturated carbocycles. The van der Waals surface area contributed by atoms with Crippen LogP contribution in [-0.4, -0.2) is 49.1 Å². The Labute approximate surface area is 113 Å². The fourth-order valence-electron chi connectivity index (χ4n) is 1.67. The van der Waals surface area contributed by atoms with Gasteiger partial charge < -0.3 is 14.9 Å². The topological polar surface area (TPSA) is 60.9 Å². The number of carboxylic acid groups (broad SMARTS) is 1. The van der Waals surface area contributed by atoms with Crippen LogP contribution in [0.4, 0.5) is 5.69 Å². The van der Waals surface area contributed by atoms with Crippen LogP contribution >= 0.6 is 0 Å². The van der Waals surface area contributed by atoms with Crippen molar-refractivity contribution in [3.8, 4) is 0 Å². The molecule has 1 aromatic rings. The lowest BCUT2D eigenvalue weighted by atomic mass is 10.2. The molecule has 1 rings (SSSR count). The van der Waals surface area contributed by atoms with Gasteiger partial charge in [0.2, 0.25) is 5.91 Å².